The standard InChI is InChI=1S/C12H19FN4O2S/c13-11-8-12(10-15-9-11)20(18,19)17-6-4-16(5-7-17)3-1-2-14/h8-10H,1-7,14H2. The topological polar surface area (TPSA) is 79.5 Å². The zero-order valence-electron chi connectivity index (χ0n) is 11.2. The minimum Gasteiger partial charge on any atom is -0.330 e. The summed E-state index contributed by atoms with van der Waals surface area (Å²) in [6, 6.07) is 1.00. The monoisotopic (exact) mass is 302 g/mol. The predicted octanol–water partition coefficient (Wildman–Crippen LogP) is -0.124. The average molecular weight is 302 g/mol. The molecule has 0 aromatic carbocycles. The predicted molar refractivity (Wildman–Crippen MR) is 73.1 cm³/mol. The van der Waals surface area contributed by atoms with Gasteiger partial charge in [-0.05, 0) is 25.6 Å². The maximum atomic E-state index is 13.1. The third-order valence-electron chi connectivity index (χ3n) is 3.33. The Morgan fingerprint density at radius 1 is 1.25 bits per heavy atom. The van der Waals surface area contributed by atoms with Crippen LogP contribution in [0.5, 0.6) is 0 Å². The van der Waals surface area contributed by atoms with Crippen molar-refractivity contribution >= 4 is 10.0 Å². The highest BCUT2D eigenvalue weighted by Crippen LogP contribution is 2.17. The summed E-state index contributed by atoms with van der Waals surface area (Å²) in [7, 11) is -3.65. The zero-order valence-corrected chi connectivity index (χ0v) is 12.0. The van der Waals surface area contributed by atoms with Gasteiger partial charge in [-0.25, -0.2) is 12.8 Å². The fraction of sp³-hybridized carbons (Fsp3) is 0.583. The van der Waals surface area contributed by atoms with Crippen molar-refractivity contribution < 1.29 is 12.8 Å². The van der Waals surface area contributed by atoms with Crippen molar-refractivity contribution in [1.29, 1.82) is 0 Å². The van der Waals surface area contributed by atoms with E-state index in [9.17, 15) is 12.8 Å². The van der Waals surface area contributed by atoms with E-state index in [0.29, 0.717) is 32.7 Å². The smallest absolute Gasteiger partial charge is 0.244 e. The first kappa shape index (κ1) is 15.3. The SMILES string of the molecule is NCCCN1CCN(S(=O)(=O)c2cncc(F)c2)CC1. The third-order valence-corrected chi connectivity index (χ3v) is 5.19. The first-order valence-electron chi connectivity index (χ1n) is 6.57. The second kappa shape index (κ2) is 6.57. The van der Waals surface area contributed by atoms with E-state index in [-0.39, 0.29) is 4.90 Å². The Kier molecular flexibility index (Phi) is 5.03. The normalized spacial score (nSPS) is 18.3. The van der Waals surface area contributed by atoms with Crippen LogP contribution in [-0.2, 0) is 10.0 Å². The van der Waals surface area contributed by atoms with Gasteiger partial charge >= 0.3 is 0 Å². The third kappa shape index (κ3) is 3.51. The molecule has 8 heteroatoms. The highest BCUT2D eigenvalue weighted by molar-refractivity contribution is 7.89. The second-order valence-corrected chi connectivity index (χ2v) is 6.66. The molecule has 0 amide bonds. The van der Waals surface area contributed by atoms with Crippen LogP contribution in [-0.4, -0.2) is 61.9 Å². The number of pyridine rings is 1. The van der Waals surface area contributed by atoms with Crippen molar-refractivity contribution in [2.75, 3.05) is 39.3 Å². The number of aromatic nitrogens is 1. The van der Waals surface area contributed by atoms with Crippen molar-refractivity contribution in [1.82, 2.24) is 14.2 Å². The molecule has 112 valence electrons. The minimum absolute atomic E-state index is 0.0899. The number of rotatable bonds is 5. The zero-order chi connectivity index (χ0) is 14.6. The molecule has 0 spiro atoms. The molecule has 1 saturated heterocycles. The quantitative estimate of drug-likeness (QED) is 0.820. The maximum absolute atomic E-state index is 13.1. The van der Waals surface area contributed by atoms with Crippen molar-refractivity contribution in [2.24, 2.45) is 5.73 Å². The van der Waals surface area contributed by atoms with E-state index >= 15 is 0 Å². The van der Waals surface area contributed by atoms with Gasteiger partial charge in [-0.3, -0.25) is 4.98 Å². The van der Waals surface area contributed by atoms with E-state index in [2.05, 4.69) is 9.88 Å². The van der Waals surface area contributed by atoms with E-state index in [1.807, 2.05) is 0 Å². The Morgan fingerprint density at radius 2 is 1.95 bits per heavy atom. The van der Waals surface area contributed by atoms with Crippen molar-refractivity contribution in [2.45, 2.75) is 11.3 Å². The molecule has 0 radical (unpaired) electrons. The summed E-state index contributed by atoms with van der Waals surface area (Å²) in [5.74, 6) is -0.646. The first-order valence-corrected chi connectivity index (χ1v) is 8.01. The van der Waals surface area contributed by atoms with E-state index < -0.39 is 15.8 Å². The lowest BCUT2D eigenvalue weighted by molar-refractivity contribution is 0.187. The highest BCUT2D eigenvalue weighted by Gasteiger charge is 2.28. The Hall–Kier alpha value is -1.09. The van der Waals surface area contributed by atoms with Crippen LogP contribution < -0.4 is 5.73 Å². The molecule has 1 aromatic heterocycles. The molecular weight excluding hydrogens is 283 g/mol. The molecule has 0 unspecified atom stereocenters. The summed E-state index contributed by atoms with van der Waals surface area (Å²) < 4.78 is 39.2. The molecule has 0 bridgehead atoms. The van der Waals surface area contributed by atoms with Crippen LogP contribution in [0.25, 0.3) is 0 Å². The molecule has 1 aliphatic heterocycles. The summed E-state index contributed by atoms with van der Waals surface area (Å²) in [6.07, 6.45) is 3.07. The van der Waals surface area contributed by atoms with E-state index in [0.717, 1.165) is 25.2 Å². The lowest BCUT2D eigenvalue weighted by Crippen LogP contribution is -2.48. The van der Waals surface area contributed by atoms with Crippen molar-refractivity contribution in [3.05, 3.63) is 24.3 Å². The summed E-state index contributed by atoms with van der Waals surface area (Å²) in [5.41, 5.74) is 5.46. The molecule has 0 aliphatic carbocycles. The number of halogens is 1. The van der Waals surface area contributed by atoms with Crippen LogP contribution in [0.15, 0.2) is 23.4 Å². The van der Waals surface area contributed by atoms with Crippen LogP contribution in [0.2, 0.25) is 0 Å². The molecule has 0 saturated carbocycles. The van der Waals surface area contributed by atoms with Crippen LogP contribution in [0.1, 0.15) is 6.42 Å². The number of nitrogens with zero attached hydrogens (tertiary/aromatic N) is 3. The average Bonchev–Trinajstić information content (AvgIpc) is 2.45. The Balaban J connectivity index is 2.02. The van der Waals surface area contributed by atoms with Gasteiger partial charge in [0.1, 0.15) is 10.7 Å². The van der Waals surface area contributed by atoms with Crippen molar-refractivity contribution in [3.63, 3.8) is 0 Å². The number of sulfonamides is 1. The largest absolute Gasteiger partial charge is 0.330 e. The molecule has 1 aliphatic rings. The van der Waals surface area contributed by atoms with Gasteiger partial charge in [0.05, 0.1) is 6.20 Å². The van der Waals surface area contributed by atoms with Crippen LogP contribution in [0.4, 0.5) is 4.39 Å². The van der Waals surface area contributed by atoms with Gasteiger partial charge in [-0.2, -0.15) is 4.31 Å². The van der Waals surface area contributed by atoms with Crippen LogP contribution in [0.3, 0.4) is 0 Å². The van der Waals surface area contributed by atoms with Crippen LogP contribution in [0, 0.1) is 5.82 Å². The lowest BCUT2D eigenvalue weighted by Gasteiger charge is -2.33. The number of hydrogen-bond acceptors (Lipinski definition) is 5. The summed E-state index contributed by atoms with van der Waals surface area (Å²) >= 11 is 0. The van der Waals surface area contributed by atoms with Gasteiger partial charge in [0.25, 0.3) is 0 Å². The molecule has 1 fully saturated rings. The fourth-order valence-corrected chi connectivity index (χ4v) is 3.59. The van der Waals surface area contributed by atoms with E-state index in [4.69, 9.17) is 5.73 Å². The van der Waals surface area contributed by atoms with Crippen molar-refractivity contribution in [3.8, 4) is 0 Å². The highest BCUT2D eigenvalue weighted by atomic mass is 32.2. The molecule has 6 nitrogen and oxygen atoms in total. The second-order valence-electron chi connectivity index (χ2n) is 4.73. The molecule has 20 heavy (non-hydrogen) atoms. The Bertz CT molecular complexity index is 544. The number of piperazine rings is 1. The minimum atomic E-state index is -3.65. The van der Waals surface area contributed by atoms with E-state index in [1.54, 1.807) is 0 Å². The van der Waals surface area contributed by atoms with Gasteiger partial charge in [-0.1, -0.05) is 0 Å². The Morgan fingerprint density at radius 3 is 2.55 bits per heavy atom. The van der Waals surface area contributed by atoms with Gasteiger partial charge < -0.3 is 10.6 Å². The van der Waals surface area contributed by atoms with Gasteiger partial charge in [-0.15, -0.1) is 0 Å². The first-order chi connectivity index (χ1) is 9.54. The molecular formula is C12H19FN4O2S. The number of nitrogens with two attached hydrogens (primary N) is 1. The molecule has 0 atom stereocenters. The summed E-state index contributed by atoms with van der Waals surface area (Å²) in [6.45, 7) is 3.66. The van der Waals surface area contributed by atoms with Gasteiger partial charge in [0, 0.05) is 32.4 Å². The van der Waals surface area contributed by atoms with Gasteiger partial charge in [0.2, 0.25) is 10.0 Å². The molecule has 2 heterocycles. The molecule has 1 aromatic rings. The summed E-state index contributed by atoms with van der Waals surface area (Å²) in [4.78, 5) is 5.69. The lowest BCUT2D eigenvalue weighted by atomic mass is 10.3. The maximum Gasteiger partial charge on any atom is 0.244 e. The number of hydrogen-bond donors (Lipinski definition) is 1. The fourth-order valence-electron chi connectivity index (χ4n) is 2.19. The van der Waals surface area contributed by atoms with E-state index in [1.165, 1.54) is 10.5 Å². The van der Waals surface area contributed by atoms with Gasteiger partial charge in [0.15, 0.2) is 0 Å². The Labute approximate surface area is 118 Å². The molecule has 2 rings (SSSR count). The summed E-state index contributed by atoms with van der Waals surface area (Å²) in [5, 5.41) is 0. The molecule has 2 N–H and O–H groups in total. The van der Waals surface area contributed by atoms with Crippen LogP contribution >= 0.6 is 0 Å².